The first-order valence-corrected chi connectivity index (χ1v) is 6.01. The molecular weight excluding hydrogens is 248 g/mol. The average molecular weight is 263 g/mol. The van der Waals surface area contributed by atoms with E-state index >= 15 is 0 Å². The Morgan fingerprint density at radius 2 is 1.94 bits per heavy atom. The van der Waals surface area contributed by atoms with Gasteiger partial charge < -0.3 is 10.6 Å². The van der Waals surface area contributed by atoms with Crippen LogP contribution >= 0.6 is 11.6 Å². The highest BCUT2D eigenvalue weighted by Crippen LogP contribution is 2.24. The van der Waals surface area contributed by atoms with Gasteiger partial charge in [0.2, 0.25) is 5.95 Å². The lowest BCUT2D eigenvalue weighted by molar-refractivity contribution is 0.715. The Bertz CT molecular complexity index is 527. The summed E-state index contributed by atoms with van der Waals surface area (Å²) in [6, 6.07) is 7.90. The van der Waals surface area contributed by atoms with Crippen LogP contribution in [0.15, 0.2) is 36.7 Å². The second-order valence-electron chi connectivity index (χ2n) is 4.16. The van der Waals surface area contributed by atoms with E-state index in [0.717, 1.165) is 10.6 Å². The number of aromatic nitrogens is 2. The Balaban J connectivity index is 2.23. The Morgan fingerprint density at radius 3 is 2.56 bits per heavy atom. The summed E-state index contributed by atoms with van der Waals surface area (Å²) in [5.74, 6) is 0.636. The molecule has 2 aromatic rings. The van der Waals surface area contributed by atoms with Crippen LogP contribution in [-0.2, 0) is 0 Å². The largest absolute Gasteiger partial charge is 0.396 e. The van der Waals surface area contributed by atoms with Gasteiger partial charge in [-0.1, -0.05) is 23.7 Å². The van der Waals surface area contributed by atoms with Crippen LogP contribution in [0.4, 0.5) is 11.6 Å². The summed E-state index contributed by atoms with van der Waals surface area (Å²) in [5.41, 5.74) is 7.25. The average Bonchev–Trinajstić information content (AvgIpc) is 2.38. The van der Waals surface area contributed by atoms with E-state index in [2.05, 4.69) is 16.9 Å². The van der Waals surface area contributed by atoms with Crippen LogP contribution in [0, 0.1) is 0 Å². The highest BCUT2D eigenvalue weighted by Gasteiger charge is 2.14. The molecule has 0 radical (unpaired) electrons. The van der Waals surface area contributed by atoms with Crippen LogP contribution in [0.2, 0.25) is 5.02 Å². The van der Waals surface area contributed by atoms with Crippen molar-refractivity contribution in [2.24, 2.45) is 0 Å². The molecule has 0 saturated heterocycles. The Morgan fingerprint density at radius 1 is 1.28 bits per heavy atom. The minimum Gasteiger partial charge on any atom is -0.396 e. The second kappa shape index (κ2) is 5.23. The third kappa shape index (κ3) is 2.71. The highest BCUT2D eigenvalue weighted by molar-refractivity contribution is 6.30. The normalized spacial score (nSPS) is 12.2. The predicted octanol–water partition coefficient (Wildman–Crippen LogP) is 2.91. The third-order valence-corrected chi connectivity index (χ3v) is 3.12. The monoisotopic (exact) mass is 262 g/mol. The Hall–Kier alpha value is -1.81. The van der Waals surface area contributed by atoms with E-state index in [1.165, 1.54) is 0 Å². The fourth-order valence-electron chi connectivity index (χ4n) is 1.68. The van der Waals surface area contributed by atoms with E-state index < -0.39 is 0 Å². The van der Waals surface area contributed by atoms with Gasteiger partial charge in [-0.05, 0) is 24.6 Å². The summed E-state index contributed by atoms with van der Waals surface area (Å²) in [7, 11) is 1.94. The number of hydrogen-bond donors (Lipinski definition) is 1. The van der Waals surface area contributed by atoms with Crippen LogP contribution in [0.5, 0.6) is 0 Å². The van der Waals surface area contributed by atoms with Gasteiger partial charge in [-0.2, -0.15) is 0 Å². The molecule has 2 N–H and O–H groups in total. The fraction of sp³-hybridized carbons (Fsp3) is 0.231. The number of anilines is 2. The molecule has 4 nitrogen and oxygen atoms in total. The van der Waals surface area contributed by atoms with Gasteiger partial charge in [-0.25, -0.2) is 9.97 Å². The lowest BCUT2D eigenvalue weighted by Crippen LogP contribution is -2.23. The van der Waals surface area contributed by atoms with Crippen LogP contribution in [0.25, 0.3) is 0 Å². The molecule has 0 fully saturated rings. The highest BCUT2D eigenvalue weighted by atomic mass is 35.5. The molecule has 0 amide bonds. The molecule has 0 spiro atoms. The standard InChI is InChI=1S/C13H15ClN4/c1-9(10-4-3-5-11(14)6-10)18(2)13-16-7-12(15)8-17-13/h3-9H,15H2,1-2H3. The predicted molar refractivity (Wildman–Crippen MR) is 74.7 cm³/mol. The molecule has 1 atom stereocenters. The Labute approximate surface area is 111 Å². The smallest absolute Gasteiger partial charge is 0.225 e. The zero-order chi connectivity index (χ0) is 13.1. The molecule has 0 saturated carbocycles. The maximum Gasteiger partial charge on any atom is 0.225 e. The third-order valence-electron chi connectivity index (χ3n) is 2.89. The summed E-state index contributed by atoms with van der Waals surface area (Å²) in [6.45, 7) is 2.07. The molecule has 0 aliphatic rings. The van der Waals surface area contributed by atoms with Crippen molar-refractivity contribution < 1.29 is 0 Å². The minimum absolute atomic E-state index is 0.132. The molecule has 1 unspecified atom stereocenters. The molecule has 0 aliphatic carbocycles. The van der Waals surface area contributed by atoms with E-state index in [1.807, 2.05) is 36.2 Å². The first-order valence-electron chi connectivity index (χ1n) is 5.64. The van der Waals surface area contributed by atoms with Crippen molar-refractivity contribution in [3.05, 3.63) is 47.2 Å². The lowest BCUT2D eigenvalue weighted by atomic mass is 10.1. The molecule has 5 heteroatoms. The maximum atomic E-state index is 5.99. The number of nitrogens with zero attached hydrogens (tertiary/aromatic N) is 3. The van der Waals surface area contributed by atoms with Crippen LogP contribution in [0.1, 0.15) is 18.5 Å². The van der Waals surface area contributed by atoms with E-state index in [0.29, 0.717) is 11.6 Å². The van der Waals surface area contributed by atoms with E-state index in [9.17, 15) is 0 Å². The first-order chi connectivity index (χ1) is 8.58. The van der Waals surface area contributed by atoms with Crippen molar-refractivity contribution in [1.29, 1.82) is 0 Å². The molecular formula is C13H15ClN4. The van der Waals surface area contributed by atoms with Gasteiger partial charge in [0.05, 0.1) is 24.1 Å². The first kappa shape index (κ1) is 12.6. The zero-order valence-electron chi connectivity index (χ0n) is 10.3. The summed E-state index contributed by atoms with van der Waals surface area (Å²) >= 11 is 5.99. The van der Waals surface area contributed by atoms with E-state index in [4.69, 9.17) is 17.3 Å². The van der Waals surface area contributed by atoms with Crippen molar-refractivity contribution in [2.75, 3.05) is 17.7 Å². The summed E-state index contributed by atoms with van der Waals surface area (Å²) < 4.78 is 0. The Kier molecular flexibility index (Phi) is 3.67. The topological polar surface area (TPSA) is 55.0 Å². The maximum absolute atomic E-state index is 5.99. The quantitative estimate of drug-likeness (QED) is 0.924. The molecule has 94 valence electrons. The van der Waals surface area contributed by atoms with Crippen LogP contribution < -0.4 is 10.6 Å². The van der Waals surface area contributed by atoms with Crippen molar-refractivity contribution in [1.82, 2.24) is 9.97 Å². The molecule has 2 rings (SSSR count). The van der Waals surface area contributed by atoms with Gasteiger partial charge in [0.1, 0.15) is 0 Å². The molecule has 1 aromatic heterocycles. The van der Waals surface area contributed by atoms with Crippen molar-refractivity contribution in [3.8, 4) is 0 Å². The number of rotatable bonds is 3. The summed E-state index contributed by atoms with van der Waals surface area (Å²) in [5, 5.41) is 0.728. The SMILES string of the molecule is CC(c1cccc(Cl)c1)N(C)c1ncc(N)cn1. The fourth-order valence-corrected chi connectivity index (χ4v) is 1.88. The molecule has 1 heterocycles. The zero-order valence-corrected chi connectivity index (χ0v) is 11.1. The van der Waals surface area contributed by atoms with E-state index in [1.54, 1.807) is 12.4 Å². The van der Waals surface area contributed by atoms with E-state index in [-0.39, 0.29) is 6.04 Å². The summed E-state index contributed by atoms with van der Waals surface area (Å²) in [6.07, 6.45) is 3.20. The van der Waals surface area contributed by atoms with Crippen LogP contribution in [-0.4, -0.2) is 17.0 Å². The van der Waals surface area contributed by atoms with Gasteiger partial charge in [0, 0.05) is 12.1 Å². The number of halogens is 1. The van der Waals surface area contributed by atoms with Gasteiger partial charge >= 0.3 is 0 Å². The number of hydrogen-bond acceptors (Lipinski definition) is 4. The van der Waals surface area contributed by atoms with Gasteiger partial charge in [-0.15, -0.1) is 0 Å². The van der Waals surface area contributed by atoms with Crippen molar-refractivity contribution in [2.45, 2.75) is 13.0 Å². The van der Waals surface area contributed by atoms with Gasteiger partial charge in [-0.3, -0.25) is 0 Å². The summed E-state index contributed by atoms with van der Waals surface area (Å²) in [4.78, 5) is 10.4. The van der Waals surface area contributed by atoms with Crippen molar-refractivity contribution in [3.63, 3.8) is 0 Å². The molecule has 0 bridgehead atoms. The van der Waals surface area contributed by atoms with Gasteiger partial charge in [0.15, 0.2) is 0 Å². The van der Waals surface area contributed by atoms with Crippen LogP contribution in [0.3, 0.4) is 0 Å². The van der Waals surface area contributed by atoms with Crippen molar-refractivity contribution >= 4 is 23.2 Å². The number of nitrogen functional groups attached to an aromatic ring is 1. The molecule has 0 aliphatic heterocycles. The lowest BCUT2D eigenvalue weighted by Gasteiger charge is -2.25. The second-order valence-corrected chi connectivity index (χ2v) is 4.59. The minimum atomic E-state index is 0.132. The van der Waals surface area contributed by atoms with Gasteiger partial charge in [0.25, 0.3) is 0 Å². The molecule has 1 aromatic carbocycles. The molecule has 18 heavy (non-hydrogen) atoms. The number of nitrogens with two attached hydrogens (primary N) is 1. The number of benzene rings is 1.